The van der Waals surface area contributed by atoms with Crippen molar-refractivity contribution >= 4 is 76.7 Å². The number of amides is 1. The van der Waals surface area contributed by atoms with Crippen LogP contribution in [0.15, 0.2) is 36.3 Å². The summed E-state index contributed by atoms with van der Waals surface area (Å²) in [6.45, 7) is 0. The van der Waals surface area contributed by atoms with Crippen LogP contribution in [-0.4, -0.2) is 19.0 Å². The van der Waals surface area contributed by atoms with E-state index in [4.69, 9.17) is 4.74 Å². The fourth-order valence-electron chi connectivity index (χ4n) is 1.59. The minimum Gasteiger partial charge on any atom is -0.465 e. The molecule has 1 amide bonds. The lowest BCUT2D eigenvalue weighted by Gasteiger charge is -2.12. The summed E-state index contributed by atoms with van der Waals surface area (Å²) in [6, 6.07) is 5.05. The number of carbonyl (C=O) groups is 2. The molecule has 0 bridgehead atoms. The molecule has 0 radical (unpaired) electrons. The van der Waals surface area contributed by atoms with Gasteiger partial charge >= 0.3 is 5.97 Å². The van der Waals surface area contributed by atoms with Crippen LogP contribution in [-0.2, 0) is 4.74 Å². The average Bonchev–Trinajstić information content (AvgIpc) is 2.87. The van der Waals surface area contributed by atoms with Gasteiger partial charge in [-0.25, -0.2) is 4.79 Å². The van der Waals surface area contributed by atoms with E-state index in [1.165, 1.54) is 18.4 Å². The third-order valence-corrected chi connectivity index (χ3v) is 5.12. The van der Waals surface area contributed by atoms with Gasteiger partial charge in [-0.05, 0) is 50.1 Å². The fraction of sp³-hybridized carbons (Fsp3) is 0.0769. The smallest absolute Gasteiger partial charge is 0.340 e. The van der Waals surface area contributed by atoms with Gasteiger partial charge in [0.25, 0.3) is 5.91 Å². The maximum absolute atomic E-state index is 12.2. The van der Waals surface area contributed by atoms with Crippen LogP contribution in [0.1, 0.15) is 20.7 Å². The zero-order chi connectivity index (χ0) is 15.6. The first kappa shape index (κ1) is 16.7. The quantitative estimate of drug-likeness (QED) is 0.602. The van der Waals surface area contributed by atoms with Gasteiger partial charge in [-0.15, -0.1) is 11.3 Å². The van der Waals surface area contributed by atoms with E-state index in [-0.39, 0.29) is 11.5 Å². The number of halogens is 3. The van der Waals surface area contributed by atoms with Gasteiger partial charge in [-0.3, -0.25) is 4.79 Å². The lowest BCUT2D eigenvalue weighted by Crippen LogP contribution is -2.15. The number of hydrogen-bond donors (Lipinski definition) is 1. The monoisotopic (exact) mass is 495 g/mol. The van der Waals surface area contributed by atoms with Crippen LogP contribution in [0, 0.1) is 0 Å². The molecular formula is C13H8Br3NO3S. The summed E-state index contributed by atoms with van der Waals surface area (Å²) in [5, 5.41) is 4.46. The maximum atomic E-state index is 12.2. The SMILES string of the molecule is COC(=O)c1cc(Br)cc(Br)c1NC(=O)c1csc(Br)c1. The molecule has 0 saturated heterocycles. The first-order valence-electron chi connectivity index (χ1n) is 5.55. The molecule has 4 nitrogen and oxygen atoms in total. The number of esters is 1. The van der Waals surface area contributed by atoms with Gasteiger partial charge in [0.15, 0.2) is 0 Å². The van der Waals surface area contributed by atoms with E-state index in [0.717, 1.165) is 3.79 Å². The van der Waals surface area contributed by atoms with Crippen molar-refractivity contribution in [1.82, 2.24) is 0 Å². The van der Waals surface area contributed by atoms with E-state index >= 15 is 0 Å². The van der Waals surface area contributed by atoms with E-state index in [1.54, 1.807) is 23.6 Å². The van der Waals surface area contributed by atoms with Crippen LogP contribution < -0.4 is 5.32 Å². The second kappa shape index (κ2) is 7.04. The molecule has 1 N–H and O–H groups in total. The molecule has 0 saturated carbocycles. The second-order valence-corrected chi connectivity index (χ2v) is 7.96. The van der Waals surface area contributed by atoms with Gasteiger partial charge in [0.1, 0.15) is 0 Å². The molecule has 2 aromatic rings. The van der Waals surface area contributed by atoms with Gasteiger partial charge in [0, 0.05) is 14.3 Å². The highest BCUT2D eigenvalue weighted by molar-refractivity contribution is 9.11. The normalized spacial score (nSPS) is 10.3. The topological polar surface area (TPSA) is 55.4 Å². The van der Waals surface area contributed by atoms with Crippen LogP contribution >= 0.6 is 59.1 Å². The largest absolute Gasteiger partial charge is 0.465 e. The number of carbonyl (C=O) groups excluding carboxylic acids is 2. The number of rotatable bonds is 3. The number of nitrogens with one attached hydrogen (secondary N) is 1. The summed E-state index contributed by atoms with van der Waals surface area (Å²) in [7, 11) is 1.29. The Morgan fingerprint density at radius 1 is 1.19 bits per heavy atom. The zero-order valence-corrected chi connectivity index (χ0v) is 16.2. The lowest BCUT2D eigenvalue weighted by atomic mass is 10.1. The van der Waals surface area contributed by atoms with Gasteiger partial charge < -0.3 is 10.1 Å². The van der Waals surface area contributed by atoms with Crippen LogP contribution in [0.5, 0.6) is 0 Å². The number of anilines is 1. The number of thiophene rings is 1. The summed E-state index contributed by atoms with van der Waals surface area (Å²) >= 11 is 11.4. The Morgan fingerprint density at radius 3 is 2.48 bits per heavy atom. The Morgan fingerprint density at radius 2 is 1.90 bits per heavy atom. The highest BCUT2D eigenvalue weighted by Crippen LogP contribution is 2.32. The highest BCUT2D eigenvalue weighted by Gasteiger charge is 2.19. The molecule has 0 spiro atoms. The third-order valence-electron chi connectivity index (χ3n) is 2.53. The van der Waals surface area contributed by atoms with E-state index in [2.05, 4.69) is 53.1 Å². The van der Waals surface area contributed by atoms with Crippen molar-refractivity contribution in [3.05, 3.63) is 47.4 Å². The number of methoxy groups -OCH3 is 1. The Balaban J connectivity index is 2.39. The van der Waals surface area contributed by atoms with Crippen molar-refractivity contribution in [2.24, 2.45) is 0 Å². The fourth-order valence-corrected chi connectivity index (χ4v) is 4.05. The van der Waals surface area contributed by atoms with Crippen molar-refractivity contribution in [2.75, 3.05) is 12.4 Å². The molecule has 21 heavy (non-hydrogen) atoms. The molecule has 0 aliphatic rings. The summed E-state index contributed by atoms with van der Waals surface area (Å²) in [5.74, 6) is -0.830. The summed E-state index contributed by atoms with van der Waals surface area (Å²) < 4.78 is 6.88. The van der Waals surface area contributed by atoms with Crippen molar-refractivity contribution < 1.29 is 14.3 Å². The maximum Gasteiger partial charge on any atom is 0.340 e. The Labute approximate surface area is 150 Å². The van der Waals surface area contributed by atoms with E-state index in [9.17, 15) is 9.59 Å². The van der Waals surface area contributed by atoms with Gasteiger partial charge in [0.2, 0.25) is 0 Å². The summed E-state index contributed by atoms with van der Waals surface area (Å²) in [4.78, 5) is 24.1. The predicted molar refractivity (Wildman–Crippen MR) is 93.2 cm³/mol. The van der Waals surface area contributed by atoms with Gasteiger partial charge in [0.05, 0.1) is 27.7 Å². The Bertz CT molecular complexity index is 715. The van der Waals surface area contributed by atoms with Crippen molar-refractivity contribution in [3.8, 4) is 0 Å². The molecule has 0 unspecified atom stereocenters. The first-order chi connectivity index (χ1) is 9.92. The molecule has 0 atom stereocenters. The van der Waals surface area contributed by atoms with Crippen LogP contribution in [0.25, 0.3) is 0 Å². The third kappa shape index (κ3) is 3.94. The van der Waals surface area contributed by atoms with Crippen LogP contribution in [0.3, 0.4) is 0 Å². The minimum absolute atomic E-state index is 0.265. The first-order valence-corrected chi connectivity index (χ1v) is 8.81. The highest BCUT2D eigenvalue weighted by atomic mass is 79.9. The minimum atomic E-state index is -0.529. The van der Waals surface area contributed by atoms with Crippen LogP contribution in [0.2, 0.25) is 0 Å². The number of ether oxygens (including phenoxy) is 1. The van der Waals surface area contributed by atoms with Crippen molar-refractivity contribution in [2.45, 2.75) is 0 Å². The van der Waals surface area contributed by atoms with Gasteiger partial charge in [-0.1, -0.05) is 15.9 Å². The van der Waals surface area contributed by atoms with Crippen LogP contribution in [0.4, 0.5) is 5.69 Å². The van der Waals surface area contributed by atoms with E-state index in [0.29, 0.717) is 20.2 Å². The van der Waals surface area contributed by atoms with Gasteiger partial charge in [-0.2, -0.15) is 0 Å². The van der Waals surface area contributed by atoms with Crippen molar-refractivity contribution in [1.29, 1.82) is 0 Å². The number of benzene rings is 1. The Hall–Kier alpha value is -0.700. The van der Waals surface area contributed by atoms with E-state index < -0.39 is 5.97 Å². The Kier molecular flexibility index (Phi) is 5.59. The molecule has 0 aliphatic carbocycles. The molecule has 1 aromatic heterocycles. The second-order valence-electron chi connectivity index (χ2n) is 3.90. The summed E-state index contributed by atoms with van der Waals surface area (Å²) in [6.07, 6.45) is 0. The molecular weight excluding hydrogens is 490 g/mol. The molecule has 0 fully saturated rings. The molecule has 1 aromatic carbocycles. The summed E-state index contributed by atoms with van der Waals surface area (Å²) in [5.41, 5.74) is 1.15. The molecule has 2 rings (SSSR count). The zero-order valence-electron chi connectivity index (χ0n) is 10.6. The molecule has 0 aliphatic heterocycles. The number of hydrogen-bond acceptors (Lipinski definition) is 4. The van der Waals surface area contributed by atoms with Crippen molar-refractivity contribution in [3.63, 3.8) is 0 Å². The average molecular weight is 498 g/mol. The molecule has 110 valence electrons. The standard InChI is InChI=1S/C13H8Br3NO3S/c1-20-13(19)8-3-7(14)4-9(15)11(8)17-12(18)6-2-10(16)21-5-6/h2-5H,1H3,(H,17,18). The predicted octanol–water partition coefficient (Wildman–Crippen LogP) is 5.07. The molecule has 1 heterocycles. The lowest BCUT2D eigenvalue weighted by molar-refractivity contribution is 0.0602. The molecule has 8 heteroatoms. The van der Waals surface area contributed by atoms with E-state index in [1.807, 2.05) is 0 Å².